The van der Waals surface area contributed by atoms with Crippen molar-refractivity contribution in [3.63, 3.8) is 0 Å². The van der Waals surface area contributed by atoms with Gasteiger partial charge in [0.15, 0.2) is 23.3 Å². The molecule has 0 unspecified atom stereocenters. The zero-order chi connectivity index (χ0) is 16.1. The summed E-state index contributed by atoms with van der Waals surface area (Å²) >= 11 is 0. The Morgan fingerprint density at radius 3 is 1.62 bits per heavy atom. The fraction of sp³-hybridized carbons (Fsp3) is 0.200. The largest absolute Gasteiger partial charge is 0.206 e. The van der Waals surface area contributed by atoms with Gasteiger partial charge in [0.2, 0.25) is 0 Å². The van der Waals surface area contributed by atoms with Crippen molar-refractivity contribution in [3.8, 4) is 11.1 Å². The number of hydrogen-bond donors (Lipinski definition) is 0. The highest BCUT2D eigenvalue weighted by Crippen LogP contribution is 2.36. The van der Waals surface area contributed by atoms with Gasteiger partial charge in [-0.15, -0.1) is 0 Å². The number of halogens is 6. The Morgan fingerprint density at radius 2 is 1.05 bits per heavy atom. The van der Waals surface area contributed by atoms with E-state index in [1.54, 1.807) is 0 Å². The van der Waals surface area contributed by atoms with Crippen molar-refractivity contribution >= 4 is 0 Å². The highest BCUT2D eigenvalue weighted by molar-refractivity contribution is 5.68. The maximum absolute atomic E-state index is 14.1. The summed E-state index contributed by atoms with van der Waals surface area (Å²) in [5.41, 5.74) is -3.48. The molecule has 0 nitrogen and oxygen atoms in total. The van der Waals surface area contributed by atoms with E-state index in [0.717, 1.165) is 20.8 Å². The molecule has 0 aliphatic rings. The van der Waals surface area contributed by atoms with Crippen molar-refractivity contribution in [2.45, 2.75) is 20.8 Å². The van der Waals surface area contributed by atoms with Crippen LogP contribution in [0.4, 0.5) is 26.3 Å². The number of aryl methyl sites for hydroxylation is 1. The van der Waals surface area contributed by atoms with Crippen LogP contribution in [0.2, 0.25) is 0 Å². The Balaban J connectivity index is 2.96. The summed E-state index contributed by atoms with van der Waals surface area (Å²) in [6, 6.07) is 0.597. The van der Waals surface area contributed by atoms with E-state index in [1.807, 2.05) is 0 Å². The first-order valence-electron chi connectivity index (χ1n) is 5.96. The summed E-state index contributed by atoms with van der Waals surface area (Å²) in [7, 11) is 0. The number of rotatable bonds is 1. The minimum atomic E-state index is -1.76. The van der Waals surface area contributed by atoms with Gasteiger partial charge in [-0.25, -0.2) is 26.3 Å². The maximum Gasteiger partial charge on any atom is 0.170 e. The molecule has 0 fully saturated rings. The Morgan fingerprint density at radius 1 is 0.571 bits per heavy atom. The van der Waals surface area contributed by atoms with E-state index in [0.29, 0.717) is 6.07 Å². The fourth-order valence-corrected chi connectivity index (χ4v) is 2.05. The molecule has 0 saturated heterocycles. The fourth-order valence-electron chi connectivity index (χ4n) is 2.05. The minimum Gasteiger partial charge on any atom is -0.206 e. The molecule has 0 aromatic heterocycles. The van der Waals surface area contributed by atoms with Gasteiger partial charge >= 0.3 is 0 Å². The van der Waals surface area contributed by atoms with Gasteiger partial charge in [0.1, 0.15) is 11.6 Å². The van der Waals surface area contributed by atoms with Crippen LogP contribution >= 0.6 is 0 Å². The first-order valence-corrected chi connectivity index (χ1v) is 5.96. The van der Waals surface area contributed by atoms with Crippen molar-refractivity contribution in [2.24, 2.45) is 0 Å². The second-order valence-electron chi connectivity index (χ2n) is 4.75. The monoisotopic (exact) mass is 304 g/mol. The van der Waals surface area contributed by atoms with E-state index in [1.165, 1.54) is 0 Å². The van der Waals surface area contributed by atoms with E-state index in [2.05, 4.69) is 0 Å². The van der Waals surface area contributed by atoms with Crippen molar-refractivity contribution in [2.75, 3.05) is 0 Å². The average Bonchev–Trinajstić information content (AvgIpc) is 2.44. The Labute approximate surface area is 117 Å². The van der Waals surface area contributed by atoms with Crippen LogP contribution in [0.25, 0.3) is 11.1 Å². The standard InChI is InChI=1S/C15H10F6/c1-5-4-8(16)9(14(20)11(5)17)10-12(18)6(2)7(3)13(19)15(10)21/h4H,1-3H3. The molecule has 6 heteroatoms. The lowest BCUT2D eigenvalue weighted by Gasteiger charge is -2.14. The highest BCUT2D eigenvalue weighted by Gasteiger charge is 2.28. The third-order valence-corrected chi connectivity index (χ3v) is 3.44. The van der Waals surface area contributed by atoms with Crippen LogP contribution in [0, 0.1) is 55.7 Å². The van der Waals surface area contributed by atoms with Gasteiger partial charge < -0.3 is 0 Å². The van der Waals surface area contributed by atoms with Crippen LogP contribution in [-0.4, -0.2) is 0 Å². The van der Waals surface area contributed by atoms with E-state index in [4.69, 9.17) is 0 Å². The van der Waals surface area contributed by atoms with Crippen molar-refractivity contribution in [3.05, 3.63) is 57.7 Å². The molecule has 0 bridgehead atoms. The second kappa shape index (κ2) is 5.09. The van der Waals surface area contributed by atoms with Crippen LogP contribution in [-0.2, 0) is 0 Å². The molecule has 0 atom stereocenters. The molecule has 21 heavy (non-hydrogen) atoms. The smallest absolute Gasteiger partial charge is 0.170 e. The molecule has 2 aromatic rings. The predicted molar refractivity (Wildman–Crippen MR) is 65.8 cm³/mol. The van der Waals surface area contributed by atoms with Gasteiger partial charge in [0.25, 0.3) is 0 Å². The molecule has 0 spiro atoms. The van der Waals surface area contributed by atoms with E-state index in [9.17, 15) is 26.3 Å². The van der Waals surface area contributed by atoms with E-state index in [-0.39, 0.29) is 16.7 Å². The van der Waals surface area contributed by atoms with E-state index < -0.39 is 46.0 Å². The first kappa shape index (κ1) is 15.4. The normalized spacial score (nSPS) is 11.1. The number of hydrogen-bond acceptors (Lipinski definition) is 0. The van der Waals surface area contributed by atoms with Crippen LogP contribution in [0.15, 0.2) is 6.07 Å². The predicted octanol–water partition coefficient (Wildman–Crippen LogP) is 5.11. The summed E-state index contributed by atoms with van der Waals surface area (Å²) in [5, 5.41) is 0. The molecule has 0 heterocycles. The van der Waals surface area contributed by atoms with Crippen molar-refractivity contribution < 1.29 is 26.3 Å². The third-order valence-electron chi connectivity index (χ3n) is 3.44. The SMILES string of the molecule is Cc1cc(F)c(-c2c(F)c(C)c(C)c(F)c2F)c(F)c1F. The first-order chi connectivity index (χ1) is 9.68. The average molecular weight is 304 g/mol. The Kier molecular flexibility index (Phi) is 3.74. The maximum atomic E-state index is 14.1. The topological polar surface area (TPSA) is 0 Å². The van der Waals surface area contributed by atoms with Crippen LogP contribution in [0.3, 0.4) is 0 Å². The van der Waals surface area contributed by atoms with Crippen molar-refractivity contribution in [1.82, 2.24) is 0 Å². The molecule has 0 aliphatic heterocycles. The molecule has 0 amide bonds. The molecule has 112 valence electrons. The minimum absolute atomic E-state index is 0.302. The molecule has 2 aromatic carbocycles. The lowest BCUT2D eigenvalue weighted by molar-refractivity contribution is 0.476. The van der Waals surface area contributed by atoms with Crippen LogP contribution < -0.4 is 0 Å². The second-order valence-corrected chi connectivity index (χ2v) is 4.75. The molecule has 2 rings (SSSR count). The lowest BCUT2D eigenvalue weighted by atomic mass is 9.96. The Hall–Kier alpha value is -1.98. The zero-order valence-corrected chi connectivity index (χ0v) is 11.3. The van der Waals surface area contributed by atoms with Gasteiger partial charge in [-0.05, 0) is 43.5 Å². The summed E-state index contributed by atoms with van der Waals surface area (Å²) in [4.78, 5) is 0. The van der Waals surface area contributed by atoms with Crippen molar-refractivity contribution in [1.29, 1.82) is 0 Å². The zero-order valence-electron chi connectivity index (χ0n) is 11.3. The summed E-state index contributed by atoms with van der Waals surface area (Å²) in [6.07, 6.45) is 0. The lowest BCUT2D eigenvalue weighted by Crippen LogP contribution is -2.06. The van der Waals surface area contributed by atoms with Gasteiger partial charge in [-0.3, -0.25) is 0 Å². The van der Waals surface area contributed by atoms with Crippen LogP contribution in [0.5, 0.6) is 0 Å². The van der Waals surface area contributed by atoms with E-state index >= 15 is 0 Å². The summed E-state index contributed by atoms with van der Waals surface area (Å²) < 4.78 is 82.9. The van der Waals surface area contributed by atoms with Gasteiger partial charge in [0, 0.05) is 0 Å². The molecular weight excluding hydrogens is 294 g/mol. The quantitative estimate of drug-likeness (QED) is 0.507. The van der Waals surface area contributed by atoms with Gasteiger partial charge in [-0.2, -0.15) is 0 Å². The molecular formula is C15H10F6. The van der Waals surface area contributed by atoms with Gasteiger partial charge in [0.05, 0.1) is 11.1 Å². The Bertz CT molecular complexity index is 720. The summed E-state index contributed by atoms with van der Waals surface area (Å²) in [5.74, 6) is -9.07. The molecule has 0 saturated carbocycles. The molecule has 0 radical (unpaired) electrons. The summed E-state index contributed by atoms with van der Waals surface area (Å²) in [6.45, 7) is 3.36. The molecule has 0 aliphatic carbocycles. The van der Waals surface area contributed by atoms with Crippen LogP contribution in [0.1, 0.15) is 16.7 Å². The number of benzene rings is 2. The highest BCUT2D eigenvalue weighted by atomic mass is 19.2. The molecule has 0 N–H and O–H groups in total. The third kappa shape index (κ3) is 2.18. The van der Waals surface area contributed by atoms with Gasteiger partial charge in [-0.1, -0.05) is 0 Å².